The smallest absolute Gasteiger partial charge is 0.195 e. The van der Waals surface area contributed by atoms with E-state index in [2.05, 4.69) is 4.98 Å². The van der Waals surface area contributed by atoms with Gasteiger partial charge in [0.25, 0.3) is 0 Å². The Morgan fingerprint density at radius 2 is 2.27 bits per heavy atom. The van der Waals surface area contributed by atoms with Gasteiger partial charge < -0.3 is 4.74 Å². The first-order chi connectivity index (χ1) is 7.14. The summed E-state index contributed by atoms with van der Waals surface area (Å²) in [7, 11) is 0. The van der Waals surface area contributed by atoms with E-state index in [1.165, 1.54) is 0 Å². The molecule has 0 aromatic carbocycles. The molecule has 0 fully saturated rings. The Labute approximate surface area is 90.5 Å². The van der Waals surface area contributed by atoms with Gasteiger partial charge in [-0.3, -0.25) is 9.78 Å². The first-order valence-electron chi connectivity index (χ1n) is 5.23. The lowest BCUT2D eigenvalue weighted by Crippen LogP contribution is -2.37. The number of nitrogens with zero attached hydrogens (tertiary/aromatic N) is 1. The summed E-state index contributed by atoms with van der Waals surface area (Å²) < 4.78 is 5.52. The number of hydrogen-bond acceptors (Lipinski definition) is 3. The Morgan fingerprint density at radius 1 is 1.53 bits per heavy atom. The van der Waals surface area contributed by atoms with Crippen LogP contribution in [0.1, 0.15) is 37.6 Å². The van der Waals surface area contributed by atoms with E-state index in [0.29, 0.717) is 18.6 Å². The molecule has 0 saturated heterocycles. The summed E-state index contributed by atoms with van der Waals surface area (Å²) in [4.78, 5) is 16.1. The molecular weight excluding hydrogens is 190 g/mol. The molecule has 1 aromatic rings. The SMILES string of the molecule is CCOC(C)(CC)C(=O)c1cccnc1. The summed E-state index contributed by atoms with van der Waals surface area (Å²) in [6.07, 6.45) is 3.89. The molecule has 3 nitrogen and oxygen atoms in total. The summed E-state index contributed by atoms with van der Waals surface area (Å²) in [5.74, 6) is -0.0000463. The predicted molar refractivity (Wildman–Crippen MR) is 58.9 cm³/mol. The number of carbonyl (C=O) groups is 1. The molecule has 0 aliphatic carbocycles. The number of rotatable bonds is 5. The largest absolute Gasteiger partial charge is 0.367 e. The monoisotopic (exact) mass is 207 g/mol. The predicted octanol–water partition coefficient (Wildman–Crippen LogP) is 2.47. The van der Waals surface area contributed by atoms with Crippen molar-refractivity contribution in [2.45, 2.75) is 32.8 Å². The highest BCUT2D eigenvalue weighted by atomic mass is 16.5. The van der Waals surface area contributed by atoms with Crippen LogP contribution in [0.2, 0.25) is 0 Å². The van der Waals surface area contributed by atoms with Crippen LogP contribution < -0.4 is 0 Å². The molecule has 0 radical (unpaired) electrons. The van der Waals surface area contributed by atoms with Crippen LogP contribution >= 0.6 is 0 Å². The van der Waals surface area contributed by atoms with Gasteiger partial charge in [0.05, 0.1) is 0 Å². The van der Waals surface area contributed by atoms with Crippen molar-refractivity contribution in [2.24, 2.45) is 0 Å². The van der Waals surface area contributed by atoms with Crippen LogP contribution in [0.4, 0.5) is 0 Å². The minimum absolute atomic E-state index is 0.0000463. The van der Waals surface area contributed by atoms with Crippen molar-refractivity contribution in [3.8, 4) is 0 Å². The van der Waals surface area contributed by atoms with E-state index in [4.69, 9.17) is 4.74 Å². The summed E-state index contributed by atoms with van der Waals surface area (Å²) in [5, 5.41) is 0. The third-order valence-electron chi connectivity index (χ3n) is 2.54. The molecule has 1 atom stereocenters. The maximum atomic E-state index is 12.1. The second-order valence-electron chi connectivity index (χ2n) is 3.59. The van der Waals surface area contributed by atoms with Crippen molar-refractivity contribution < 1.29 is 9.53 Å². The van der Waals surface area contributed by atoms with Crippen LogP contribution in [0.15, 0.2) is 24.5 Å². The van der Waals surface area contributed by atoms with Crippen molar-refractivity contribution in [3.63, 3.8) is 0 Å². The fourth-order valence-electron chi connectivity index (χ4n) is 1.45. The quantitative estimate of drug-likeness (QED) is 0.696. The third-order valence-corrected chi connectivity index (χ3v) is 2.54. The summed E-state index contributed by atoms with van der Waals surface area (Å²) in [6.45, 7) is 6.20. The standard InChI is InChI=1S/C12H17NO2/c1-4-12(3,15-5-2)11(14)10-7-6-8-13-9-10/h6-9H,4-5H2,1-3H3. The molecule has 0 spiro atoms. The minimum atomic E-state index is -0.724. The Hall–Kier alpha value is -1.22. The van der Waals surface area contributed by atoms with Crippen molar-refractivity contribution in [1.82, 2.24) is 4.98 Å². The maximum Gasteiger partial charge on any atom is 0.195 e. The van der Waals surface area contributed by atoms with E-state index in [1.54, 1.807) is 24.5 Å². The summed E-state index contributed by atoms with van der Waals surface area (Å²) in [5.41, 5.74) is -0.118. The Morgan fingerprint density at radius 3 is 2.73 bits per heavy atom. The van der Waals surface area contributed by atoms with E-state index >= 15 is 0 Å². The van der Waals surface area contributed by atoms with Crippen molar-refractivity contribution in [1.29, 1.82) is 0 Å². The van der Waals surface area contributed by atoms with E-state index in [1.807, 2.05) is 20.8 Å². The lowest BCUT2D eigenvalue weighted by Gasteiger charge is -2.26. The first-order valence-corrected chi connectivity index (χ1v) is 5.23. The van der Waals surface area contributed by atoms with Gasteiger partial charge in [-0.05, 0) is 32.4 Å². The highest BCUT2D eigenvalue weighted by molar-refractivity contribution is 6.01. The van der Waals surface area contributed by atoms with E-state index in [0.717, 1.165) is 0 Å². The average molecular weight is 207 g/mol. The lowest BCUT2D eigenvalue weighted by atomic mass is 9.93. The highest BCUT2D eigenvalue weighted by Crippen LogP contribution is 2.20. The van der Waals surface area contributed by atoms with Gasteiger partial charge in [0.2, 0.25) is 0 Å². The van der Waals surface area contributed by atoms with Gasteiger partial charge in [-0.15, -0.1) is 0 Å². The number of carbonyl (C=O) groups excluding carboxylic acids is 1. The van der Waals surface area contributed by atoms with Crippen LogP contribution in [0.5, 0.6) is 0 Å². The van der Waals surface area contributed by atoms with Gasteiger partial charge in [-0.2, -0.15) is 0 Å². The average Bonchev–Trinajstić information content (AvgIpc) is 2.29. The van der Waals surface area contributed by atoms with Gasteiger partial charge in [0, 0.05) is 24.6 Å². The van der Waals surface area contributed by atoms with Crippen LogP contribution in [-0.4, -0.2) is 23.0 Å². The molecule has 0 saturated carbocycles. The number of ether oxygens (including phenoxy) is 1. The summed E-state index contributed by atoms with van der Waals surface area (Å²) >= 11 is 0. The van der Waals surface area contributed by atoms with Crippen molar-refractivity contribution >= 4 is 5.78 Å². The zero-order valence-electron chi connectivity index (χ0n) is 9.49. The molecule has 1 aromatic heterocycles. The Kier molecular flexibility index (Phi) is 3.97. The fourth-order valence-corrected chi connectivity index (χ4v) is 1.45. The second kappa shape index (κ2) is 5.03. The van der Waals surface area contributed by atoms with Gasteiger partial charge in [0.1, 0.15) is 5.60 Å². The molecular formula is C12H17NO2. The van der Waals surface area contributed by atoms with Crippen molar-refractivity contribution in [3.05, 3.63) is 30.1 Å². The molecule has 0 aliphatic heterocycles. The van der Waals surface area contributed by atoms with Gasteiger partial charge in [0.15, 0.2) is 5.78 Å². The zero-order chi connectivity index (χ0) is 11.3. The molecule has 0 aliphatic rings. The van der Waals surface area contributed by atoms with Gasteiger partial charge >= 0.3 is 0 Å². The van der Waals surface area contributed by atoms with Gasteiger partial charge in [-0.1, -0.05) is 6.92 Å². The molecule has 0 bridgehead atoms. The van der Waals surface area contributed by atoms with E-state index in [9.17, 15) is 4.79 Å². The van der Waals surface area contributed by atoms with E-state index < -0.39 is 5.60 Å². The molecule has 1 heterocycles. The zero-order valence-corrected chi connectivity index (χ0v) is 9.49. The first kappa shape index (κ1) is 11.9. The van der Waals surface area contributed by atoms with Crippen LogP contribution in [0.3, 0.4) is 0 Å². The fraction of sp³-hybridized carbons (Fsp3) is 0.500. The topological polar surface area (TPSA) is 39.2 Å². The Bertz CT molecular complexity index is 324. The molecule has 1 unspecified atom stereocenters. The molecule has 3 heteroatoms. The van der Waals surface area contributed by atoms with Crippen LogP contribution in [0.25, 0.3) is 0 Å². The molecule has 0 N–H and O–H groups in total. The molecule has 1 rings (SSSR count). The number of aromatic nitrogens is 1. The molecule has 15 heavy (non-hydrogen) atoms. The van der Waals surface area contributed by atoms with Crippen LogP contribution in [-0.2, 0) is 4.74 Å². The van der Waals surface area contributed by atoms with Crippen LogP contribution in [0, 0.1) is 0 Å². The third kappa shape index (κ3) is 2.63. The lowest BCUT2D eigenvalue weighted by molar-refractivity contribution is -0.0116. The second-order valence-corrected chi connectivity index (χ2v) is 3.59. The number of Topliss-reactive ketones (excluding diaryl/α,β-unsaturated/α-hetero) is 1. The van der Waals surface area contributed by atoms with Crippen molar-refractivity contribution in [2.75, 3.05) is 6.61 Å². The normalized spacial score (nSPS) is 14.6. The maximum absolute atomic E-state index is 12.1. The minimum Gasteiger partial charge on any atom is -0.367 e. The Balaban J connectivity index is 2.92. The van der Waals surface area contributed by atoms with E-state index in [-0.39, 0.29) is 5.78 Å². The number of ketones is 1. The highest BCUT2D eigenvalue weighted by Gasteiger charge is 2.32. The molecule has 0 amide bonds. The van der Waals surface area contributed by atoms with Gasteiger partial charge in [-0.25, -0.2) is 0 Å². The summed E-state index contributed by atoms with van der Waals surface area (Å²) in [6, 6.07) is 3.53. The molecule has 82 valence electrons. The number of hydrogen-bond donors (Lipinski definition) is 0. The number of pyridine rings is 1.